The molecule has 108 valence electrons. The monoisotopic (exact) mass is 309 g/mol. The molecule has 6 heteroatoms. The summed E-state index contributed by atoms with van der Waals surface area (Å²) < 4.78 is 7.62. The molecule has 0 atom stereocenters. The first-order chi connectivity index (χ1) is 10.7. The molecule has 0 amide bonds. The predicted octanol–water partition coefficient (Wildman–Crippen LogP) is 2.27. The summed E-state index contributed by atoms with van der Waals surface area (Å²) in [6.07, 6.45) is 1.74. The van der Waals surface area contributed by atoms with E-state index in [0.29, 0.717) is 21.1 Å². The first-order valence-electron chi connectivity index (χ1n) is 6.74. The van der Waals surface area contributed by atoms with Crippen molar-refractivity contribution in [3.05, 3.63) is 68.9 Å². The number of thiazole rings is 1. The summed E-state index contributed by atoms with van der Waals surface area (Å²) in [6, 6.07) is 13.3. The highest BCUT2D eigenvalue weighted by molar-refractivity contribution is 7.15. The lowest BCUT2D eigenvalue weighted by Crippen LogP contribution is -2.23. The van der Waals surface area contributed by atoms with Gasteiger partial charge in [0.2, 0.25) is 4.96 Å². The van der Waals surface area contributed by atoms with E-state index in [2.05, 4.69) is 10.2 Å². The Kier molecular flexibility index (Phi) is 2.90. The van der Waals surface area contributed by atoms with Crippen molar-refractivity contribution >= 4 is 22.4 Å². The summed E-state index contributed by atoms with van der Waals surface area (Å²) in [5, 5.41) is 8.23. The first kappa shape index (κ1) is 13.0. The topological polar surface area (TPSA) is 60.4 Å². The first-order valence-corrected chi connectivity index (χ1v) is 7.55. The molecule has 0 saturated carbocycles. The molecule has 0 fully saturated rings. The highest BCUT2D eigenvalue weighted by Crippen LogP contribution is 2.17. The van der Waals surface area contributed by atoms with Gasteiger partial charge in [0.25, 0.3) is 5.56 Å². The van der Waals surface area contributed by atoms with Crippen LogP contribution in [0.1, 0.15) is 11.5 Å². The molecule has 0 spiro atoms. The Balaban J connectivity index is 1.94. The Morgan fingerprint density at radius 2 is 1.95 bits per heavy atom. The minimum atomic E-state index is -0.127. The van der Waals surface area contributed by atoms with Gasteiger partial charge in [-0.1, -0.05) is 41.7 Å². The second kappa shape index (κ2) is 4.92. The van der Waals surface area contributed by atoms with Crippen molar-refractivity contribution in [3.63, 3.8) is 0 Å². The van der Waals surface area contributed by atoms with Crippen LogP contribution in [0.2, 0.25) is 0 Å². The fourth-order valence-corrected chi connectivity index (χ4v) is 3.19. The number of benzene rings is 1. The van der Waals surface area contributed by atoms with E-state index < -0.39 is 0 Å². The van der Waals surface area contributed by atoms with Crippen molar-refractivity contribution in [2.75, 3.05) is 0 Å². The molecular weight excluding hydrogens is 298 g/mol. The zero-order valence-corrected chi connectivity index (χ0v) is 12.5. The maximum atomic E-state index is 12.6. The largest absolute Gasteiger partial charge is 0.462 e. The number of aromatic nitrogens is 3. The van der Waals surface area contributed by atoms with Crippen LogP contribution in [0.3, 0.4) is 0 Å². The molecule has 0 radical (unpaired) electrons. The fourth-order valence-electron chi connectivity index (χ4n) is 2.30. The van der Waals surface area contributed by atoms with Crippen LogP contribution >= 0.6 is 11.3 Å². The van der Waals surface area contributed by atoms with Crippen LogP contribution in [0.4, 0.5) is 0 Å². The minimum absolute atomic E-state index is 0.127. The van der Waals surface area contributed by atoms with Crippen molar-refractivity contribution in [1.29, 1.82) is 0 Å². The van der Waals surface area contributed by atoms with Crippen LogP contribution < -0.4 is 10.1 Å². The molecule has 0 saturated heterocycles. The lowest BCUT2D eigenvalue weighted by molar-refractivity contribution is 0.525. The molecule has 0 N–H and O–H groups in total. The van der Waals surface area contributed by atoms with Gasteiger partial charge in [-0.2, -0.15) is 0 Å². The smallest absolute Gasteiger partial charge is 0.276 e. The standard InChI is InChI=1S/C16H11N3O2S/c1-10-7-8-12(21-10)9-13-15(20)19-14(17-18-16(19)22-13)11-5-3-2-4-6-11/h2-9H,1H3/b13-9-. The van der Waals surface area contributed by atoms with Crippen molar-refractivity contribution in [3.8, 4) is 11.4 Å². The van der Waals surface area contributed by atoms with Crippen LogP contribution in [-0.2, 0) is 0 Å². The predicted molar refractivity (Wildman–Crippen MR) is 84.8 cm³/mol. The minimum Gasteiger partial charge on any atom is -0.462 e. The average Bonchev–Trinajstić information content (AvgIpc) is 3.20. The van der Waals surface area contributed by atoms with Gasteiger partial charge >= 0.3 is 0 Å². The zero-order valence-electron chi connectivity index (χ0n) is 11.7. The number of furan rings is 1. The summed E-state index contributed by atoms with van der Waals surface area (Å²) in [4.78, 5) is 13.2. The van der Waals surface area contributed by atoms with Gasteiger partial charge in [0.05, 0.1) is 0 Å². The third-order valence-electron chi connectivity index (χ3n) is 3.31. The van der Waals surface area contributed by atoms with Gasteiger partial charge in [-0.05, 0) is 19.1 Å². The summed E-state index contributed by atoms with van der Waals surface area (Å²) in [5.74, 6) is 2.03. The fraction of sp³-hybridized carbons (Fsp3) is 0.0625. The SMILES string of the molecule is Cc1ccc(/C=c2\sc3nnc(-c4ccccc4)n3c2=O)o1. The average molecular weight is 309 g/mol. The van der Waals surface area contributed by atoms with Gasteiger partial charge in [-0.3, -0.25) is 4.79 Å². The zero-order chi connectivity index (χ0) is 15.1. The maximum absolute atomic E-state index is 12.6. The van der Waals surface area contributed by atoms with Gasteiger partial charge in [0.15, 0.2) is 5.82 Å². The molecule has 3 heterocycles. The van der Waals surface area contributed by atoms with Crippen molar-refractivity contribution in [1.82, 2.24) is 14.6 Å². The molecule has 4 aromatic rings. The molecule has 0 unspecified atom stereocenters. The van der Waals surface area contributed by atoms with Gasteiger partial charge in [0, 0.05) is 11.6 Å². The Labute approximate surface area is 129 Å². The molecule has 5 nitrogen and oxygen atoms in total. The van der Waals surface area contributed by atoms with Crippen LogP contribution in [0.5, 0.6) is 0 Å². The van der Waals surface area contributed by atoms with E-state index in [9.17, 15) is 4.79 Å². The van der Waals surface area contributed by atoms with Crippen molar-refractivity contribution in [2.24, 2.45) is 0 Å². The van der Waals surface area contributed by atoms with Gasteiger partial charge in [-0.15, -0.1) is 10.2 Å². The van der Waals surface area contributed by atoms with E-state index in [-0.39, 0.29) is 5.56 Å². The van der Waals surface area contributed by atoms with E-state index in [4.69, 9.17) is 4.42 Å². The van der Waals surface area contributed by atoms with Crippen LogP contribution in [-0.4, -0.2) is 14.6 Å². The molecule has 0 aliphatic heterocycles. The Morgan fingerprint density at radius 3 is 2.68 bits per heavy atom. The second-order valence-electron chi connectivity index (χ2n) is 4.87. The van der Waals surface area contributed by atoms with Crippen LogP contribution in [0, 0.1) is 6.92 Å². The van der Waals surface area contributed by atoms with Gasteiger partial charge in [-0.25, -0.2) is 4.40 Å². The van der Waals surface area contributed by atoms with Gasteiger partial charge in [0.1, 0.15) is 16.1 Å². The van der Waals surface area contributed by atoms with E-state index in [1.807, 2.05) is 49.4 Å². The summed E-state index contributed by atoms with van der Waals surface area (Å²) in [5.41, 5.74) is 0.739. The number of fused-ring (bicyclic) bond motifs is 1. The Morgan fingerprint density at radius 1 is 1.14 bits per heavy atom. The second-order valence-corrected chi connectivity index (χ2v) is 5.88. The van der Waals surface area contributed by atoms with Crippen molar-refractivity contribution < 1.29 is 4.42 Å². The van der Waals surface area contributed by atoms with Crippen LogP contribution in [0.25, 0.3) is 22.4 Å². The molecule has 1 aromatic carbocycles. The molecule has 4 rings (SSSR count). The quantitative estimate of drug-likeness (QED) is 0.570. The number of hydrogen-bond donors (Lipinski definition) is 0. The lowest BCUT2D eigenvalue weighted by Gasteiger charge is -1.94. The Hall–Kier alpha value is -2.73. The summed E-state index contributed by atoms with van der Waals surface area (Å²) >= 11 is 1.30. The maximum Gasteiger partial charge on any atom is 0.276 e. The molecule has 0 aliphatic rings. The molecule has 22 heavy (non-hydrogen) atoms. The van der Waals surface area contributed by atoms with Crippen LogP contribution in [0.15, 0.2) is 51.7 Å². The van der Waals surface area contributed by atoms with Gasteiger partial charge < -0.3 is 4.42 Å². The third kappa shape index (κ3) is 2.05. The third-order valence-corrected chi connectivity index (χ3v) is 4.27. The van der Waals surface area contributed by atoms with E-state index in [0.717, 1.165) is 11.3 Å². The van der Waals surface area contributed by atoms with E-state index >= 15 is 0 Å². The summed E-state index contributed by atoms with van der Waals surface area (Å²) in [7, 11) is 0. The molecular formula is C16H11N3O2S. The number of hydrogen-bond acceptors (Lipinski definition) is 5. The Bertz CT molecular complexity index is 1060. The van der Waals surface area contributed by atoms with E-state index in [1.165, 1.54) is 11.3 Å². The normalized spacial score (nSPS) is 12.3. The number of nitrogens with zero attached hydrogens (tertiary/aromatic N) is 3. The number of aryl methyl sites for hydroxylation is 1. The van der Waals surface area contributed by atoms with E-state index in [1.54, 1.807) is 10.5 Å². The number of rotatable bonds is 2. The molecule has 0 bridgehead atoms. The highest BCUT2D eigenvalue weighted by Gasteiger charge is 2.13. The molecule has 0 aliphatic carbocycles. The molecule has 3 aromatic heterocycles. The van der Waals surface area contributed by atoms with Crippen molar-refractivity contribution in [2.45, 2.75) is 6.92 Å². The summed E-state index contributed by atoms with van der Waals surface area (Å²) in [6.45, 7) is 1.87. The highest BCUT2D eigenvalue weighted by atomic mass is 32.1. The lowest BCUT2D eigenvalue weighted by atomic mass is 10.2.